The van der Waals surface area contributed by atoms with Gasteiger partial charge >= 0.3 is 5.97 Å². The van der Waals surface area contributed by atoms with Crippen LogP contribution in [0.15, 0.2) is 73.3 Å². The Balaban J connectivity index is 0.00000145. The van der Waals surface area contributed by atoms with E-state index in [4.69, 9.17) is 9.47 Å². The third kappa shape index (κ3) is 6.16. The van der Waals surface area contributed by atoms with Crippen LogP contribution in [-0.2, 0) is 4.74 Å². The molecule has 0 fully saturated rings. The third-order valence-corrected chi connectivity index (χ3v) is 9.70. The van der Waals surface area contributed by atoms with Gasteiger partial charge in [0.1, 0.15) is 18.0 Å². The van der Waals surface area contributed by atoms with Crippen LogP contribution in [0.25, 0.3) is 16.7 Å². The van der Waals surface area contributed by atoms with E-state index in [0.29, 0.717) is 12.2 Å². The summed E-state index contributed by atoms with van der Waals surface area (Å²) in [4.78, 5) is 16.0. The number of carbonyl (C=O) groups is 1. The number of allylic oxidation sites excluding steroid dienone is 3. The molecular formula is C43H53N2O3+. The highest BCUT2D eigenvalue weighted by atomic mass is 16.5. The summed E-state index contributed by atoms with van der Waals surface area (Å²) in [6, 6.07) is 16.8. The molecule has 6 rings (SSSR count). The van der Waals surface area contributed by atoms with Crippen molar-refractivity contribution in [2.24, 2.45) is 0 Å². The van der Waals surface area contributed by atoms with Crippen LogP contribution in [0.4, 0.5) is 5.69 Å². The number of likely N-dealkylation sites (N-methyl/N-ethyl adjacent to an activating group) is 2. The van der Waals surface area contributed by atoms with Crippen molar-refractivity contribution in [2.75, 3.05) is 24.6 Å². The van der Waals surface area contributed by atoms with Crippen molar-refractivity contribution >= 4 is 28.4 Å². The fourth-order valence-corrected chi connectivity index (χ4v) is 7.74. The zero-order valence-electron chi connectivity index (χ0n) is 30.7. The Morgan fingerprint density at radius 1 is 0.917 bits per heavy atom. The lowest BCUT2D eigenvalue weighted by molar-refractivity contribution is 0.0499. The molecule has 0 saturated carbocycles. The number of ether oxygens (including phenoxy) is 2. The summed E-state index contributed by atoms with van der Waals surface area (Å²) in [5.74, 6) is 1.32. The highest BCUT2D eigenvalue weighted by Crippen LogP contribution is 2.46. The molecule has 0 radical (unpaired) electrons. The second-order valence-corrected chi connectivity index (χ2v) is 14.1. The summed E-state index contributed by atoms with van der Waals surface area (Å²) in [7, 11) is 0. The molecule has 0 bridgehead atoms. The molecule has 0 amide bonds. The molecule has 5 nitrogen and oxygen atoms in total. The molecule has 3 aromatic carbocycles. The van der Waals surface area contributed by atoms with Crippen molar-refractivity contribution < 1.29 is 14.3 Å². The number of fused-ring (bicyclic) bond motifs is 4. The summed E-state index contributed by atoms with van der Waals surface area (Å²) >= 11 is 0. The van der Waals surface area contributed by atoms with Crippen LogP contribution in [0, 0.1) is 0 Å². The molecule has 0 unspecified atom stereocenters. The van der Waals surface area contributed by atoms with Gasteiger partial charge in [-0.2, -0.15) is 0 Å². The Hall–Kier alpha value is -4.38. The number of carbonyl (C=O) groups excluding carboxylic acids is 1. The van der Waals surface area contributed by atoms with Gasteiger partial charge in [0, 0.05) is 59.6 Å². The van der Waals surface area contributed by atoms with E-state index in [1.54, 1.807) is 6.08 Å². The van der Waals surface area contributed by atoms with Crippen molar-refractivity contribution in [2.45, 2.75) is 93.2 Å². The van der Waals surface area contributed by atoms with Crippen LogP contribution in [-0.4, -0.2) is 36.7 Å². The molecule has 3 heterocycles. The summed E-state index contributed by atoms with van der Waals surface area (Å²) in [6.45, 7) is 27.4. The molecular weight excluding hydrogens is 592 g/mol. The third-order valence-electron chi connectivity index (χ3n) is 9.70. The average molecular weight is 646 g/mol. The molecule has 0 atom stereocenters. The van der Waals surface area contributed by atoms with E-state index in [9.17, 15) is 4.79 Å². The quantitative estimate of drug-likeness (QED) is 0.0871. The van der Waals surface area contributed by atoms with Crippen molar-refractivity contribution in [3.8, 4) is 11.5 Å². The van der Waals surface area contributed by atoms with E-state index in [2.05, 4.69) is 121 Å². The van der Waals surface area contributed by atoms with Gasteiger partial charge in [0.25, 0.3) is 0 Å². The molecule has 0 aliphatic carbocycles. The lowest BCUT2D eigenvalue weighted by Gasteiger charge is -2.43. The molecule has 3 aliphatic heterocycles. The molecule has 0 spiro atoms. The second-order valence-electron chi connectivity index (χ2n) is 14.1. The van der Waals surface area contributed by atoms with Crippen molar-refractivity contribution in [1.82, 2.24) is 4.58 Å². The van der Waals surface area contributed by atoms with Crippen molar-refractivity contribution in [3.05, 3.63) is 112 Å². The predicted octanol–water partition coefficient (Wildman–Crippen LogP) is 8.92. The van der Waals surface area contributed by atoms with Crippen LogP contribution >= 0.6 is 0 Å². The smallest absolute Gasteiger partial charge is 0.338 e. The maximum atomic E-state index is 13.6. The Morgan fingerprint density at radius 3 is 2.27 bits per heavy atom. The molecule has 0 aromatic heterocycles. The highest BCUT2D eigenvalue weighted by Gasteiger charge is 2.36. The van der Waals surface area contributed by atoms with Crippen LogP contribution in [0.3, 0.4) is 0 Å². The molecule has 48 heavy (non-hydrogen) atoms. The molecule has 3 aliphatic rings. The van der Waals surface area contributed by atoms with Crippen molar-refractivity contribution in [3.63, 3.8) is 0 Å². The van der Waals surface area contributed by atoms with Crippen LogP contribution < -0.4 is 24.8 Å². The maximum absolute atomic E-state index is 13.6. The van der Waals surface area contributed by atoms with Gasteiger partial charge in [0.15, 0.2) is 5.54 Å². The van der Waals surface area contributed by atoms with Crippen LogP contribution in [0.1, 0.15) is 115 Å². The Labute approximate surface area is 287 Å². The molecule has 252 valence electrons. The van der Waals surface area contributed by atoms with E-state index >= 15 is 0 Å². The van der Waals surface area contributed by atoms with E-state index in [1.165, 1.54) is 33.3 Å². The number of hydrogen-bond donors (Lipinski definition) is 0. The van der Waals surface area contributed by atoms with Crippen LogP contribution in [0.5, 0.6) is 11.5 Å². The van der Waals surface area contributed by atoms with Crippen LogP contribution in [0.2, 0.25) is 0 Å². The largest absolute Gasteiger partial charge is 0.462 e. The van der Waals surface area contributed by atoms with Crippen molar-refractivity contribution in [1.29, 1.82) is 0 Å². The monoisotopic (exact) mass is 645 g/mol. The Kier molecular flexibility index (Phi) is 9.92. The topological polar surface area (TPSA) is 41.8 Å². The number of esters is 1. The molecule has 0 saturated heterocycles. The van der Waals surface area contributed by atoms with Gasteiger partial charge in [0.05, 0.1) is 23.8 Å². The van der Waals surface area contributed by atoms with Gasteiger partial charge in [-0.15, -0.1) is 6.58 Å². The molecule has 0 N–H and O–H groups in total. The fraction of sp³-hybridized carbons (Fsp3) is 0.395. The highest BCUT2D eigenvalue weighted by molar-refractivity contribution is 6.00. The summed E-state index contributed by atoms with van der Waals surface area (Å²) in [5, 5.41) is 2.16. The van der Waals surface area contributed by atoms with Gasteiger partial charge in [0.2, 0.25) is 5.36 Å². The number of benzene rings is 3. The maximum Gasteiger partial charge on any atom is 0.338 e. The van der Waals surface area contributed by atoms with E-state index in [1.807, 2.05) is 25.1 Å². The van der Waals surface area contributed by atoms with Gasteiger partial charge in [-0.3, -0.25) is 0 Å². The summed E-state index contributed by atoms with van der Waals surface area (Å²) in [6.07, 6.45) is 8.27. The van der Waals surface area contributed by atoms with Gasteiger partial charge in [-0.25, -0.2) is 9.37 Å². The SMILES string of the molecule is C=CC.CCCCOC(=O)c1ccccc1C1=c2cc3c(cc2Oc2cc4c(cc21)C(C)=CC(C)(C)N4CC)=[N+](CC)C(C)(C)C=C3C. The fourth-order valence-electron chi connectivity index (χ4n) is 7.74. The molecule has 5 heteroatoms. The first kappa shape index (κ1) is 34.9. The number of nitrogens with zero attached hydrogens (tertiary/aromatic N) is 2. The first-order chi connectivity index (χ1) is 22.8. The second kappa shape index (κ2) is 13.6. The minimum absolute atomic E-state index is 0.121. The molecule has 3 aromatic rings. The first-order valence-electron chi connectivity index (χ1n) is 17.5. The minimum Gasteiger partial charge on any atom is -0.462 e. The standard InChI is InChI=1S/C40H47N2O3.C3H6/c1-10-13-18-44-38(43)28-17-15-14-16-27(28)37-31-19-29-25(4)23-39(6,7)41(11-2)33(29)21-35(31)45-36-22-34-30(20-32(36)37)26(5)24-40(8,9)42(34)12-3;1-3-2/h14-17,19-24H,10-13,18H2,1-9H3;3H,1H2,2H3/q+1;. The van der Waals surface area contributed by atoms with E-state index in [0.717, 1.165) is 59.3 Å². The predicted molar refractivity (Wildman–Crippen MR) is 202 cm³/mol. The zero-order valence-corrected chi connectivity index (χ0v) is 30.7. The lowest BCUT2D eigenvalue weighted by Crippen LogP contribution is -2.49. The number of hydrogen-bond acceptors (Lipinski definition) is 4. The van der Waals surface area contributed by atoms with Gasteiger partial charge in [-0.05, 0) is 95.9 Å². The normalized spacial score (nSPS) is 16.5. The number of unbranched alkanes of at least 4 members (excludes halogenated alkanes) is 1. The number of anilines is 1. The average Bonchev–Trinajstić information content (AvgIpc) is 3.02. The Morgan fingerprint density at radius 2 is 1.60 bits per heavy atom. The van der Waals surface area contributed by atoms with E-state index in [-0.39, 0.29) is 17.0 Å². The Bertz CT molecular complexity index is 1960. The zero-order chi connectivity index (χ0) is 35.0. The lowest BCUT2D eigenvalue weighted by atomic mass is 9.83. The first-order valence-corrected chi connectivity index (χ1v) is 17.5. The van der Waals surface area contributed by atoms with Gasteiger partial charge in [-0.1, -0.05) is 43.7 Å². The number of rotatable bonds is 7. The van der Waals surface area contributed by atoms with Gasteiger partial charge < -0.3 is 14.4 Å². The summed E-state index contributed by atoms with van der Waals surface area (Å²) in [5.41, 5.74) is 9.22. The van der Waals surface area contributed by atoms with E-state index < -0.39 is 0 Å². The summed E-state index contributed by atoms with van der Waals surface area (Å²) < 4.78 is 15.1. The minimum atomic E-state index is -0.290.